The van der Waals surface area contributed by atoms with Gasteiger partial charge in [-0.2, -0.15) is 0 Å². The van der Waals surface area contributed by atoms with E-state index in [9.17, 15) is 9.59 Å². The van der Waals surface area contributed by atoms with Crippen LogP contribution < -0.4 is 14.8 Å². The lowest BCUT2D eigenvalue weighted by atomic mass is 10.1. The number of benzene rings is 2. The highest BCUT2D eigenvalue weighted by atomic mass is 127. The topological polar surface area (TPSA) is 73.9 Å². The number of carbonyl (C=O) groups excluding carboxylic acids is 2. The zero-order valence-electron chi connectivity index (χ0n) is 14.6. The molecular weight excluding hydrogens is 449 g/mol. The maximum Gasteiger partial charge on any atom is 0.306 e. The number of carbonyl (C=O) groups is 2. The average Bonchev–Trinajstić information content (AvgIpc) is 2.66. The summed E-state index contributed by atoms with van der Waals surface area (Å²) in [6, 6.07) is 12.8. The van der Waals surface area contributed by atoms with Gasteiger partial charge in [-0.25, -0.2) is 0 Å². The molecule has 7 heteroatoms. The second-order valence-corrected chi connectivity index (χ2v) is 6.54. The van der Waals surface area contributed by atoms with E-state index in [1.165, 1.54) is 0 Å². The lowest BCUT2D eigenvalue weighted by molar-refractivity contribution is -0.147. The van der Waals surface area contributed by atoms with E-state index < -0.39 is 5.97 Å². The fourth-order valence-corrected chi connectivity index (χ4v) is 2.77. The Morgan fingerprint density at radius 2 is 1.77 bits per heavy atom. The van der Waals surface area contributed by atoms with E-state index in [0.29, 0.717) is 23.6 Å². The van der Waals surface area contributed by atoms with Gasteiger partial charge in [-0.3, -0.25) is 9.59 Å². The number of esters is 1. The summed E-state index contributed by atoms with van der Waals surface area (Å²) in [4.78, 5) is 23.7. The molecule has 2 aromatic rings. The van der Waals surface area contributed by atoms with Crippen molar-refractivity contribution >= 4 is 40.2 Å². The van der Waals surface area contributed by atoms with Crippen molar-refractivity contribution in [3.8, 4) is 11.5 Å². The number of amides is 1. The number of hydrogen-bond acceptors (Lipinski definition) is 5. The minimum Gasteiger partial charge on any atom is -0.493 e. The van der Waals surface area contributed by atoms with Gasteiger partial charge in [-0.05, 0) is 58.8 Å². The molecule has 26 heavy (non-hydrogen) atoms. The van der Waals surface area contributed by atoms with Crippen LogP contribution in [-0.2, 0) is 20.7 Å². The van der Waals surface area contributed by atoms with Crippen molar-refractivity contribution in [1.29, 1.82) is 0 Å². The van der Waals surface area contributed by atoms with Gasteiger partial charge in [0.1, 0.15) is 0 Å². The van der Waals surface area contributed by atoms with Crippen molar-refractivity contribution in [2.24, 2.45) is 0 Å². The number of rotatable bonds is 8. The van der Waals surface area contributed by atoms with E-state index in [-0.39, 0.29) is 18.9 Å². The van der Waals surface area contributed by atoms with Gasteiger partial charge < -0.3 is 19.5 Å². The lowest BCUT2D eigenvalue weighted by Crippen LogP contribution is -2.21. The van der Waals surface area contributed by atoms with Gasteiger partial charge in [0.2, 0.25) is 0 Å². The summed E-state index contributed by atoms with van der Waals surface area (Å²) in [5.74, 6) is 0.438. The summed E-state index contributed by atoms with van der Waals surface area (Å²) in [6.07, 6.45) is 0.656. The third kappa shape index (κ3) is 5.91. The fraction of sp³-hybridized carbons (Fsp3) is 0.263. The third-order valence-corrected chi connectivity index (χ3v) is 4.52. The number of ether oxygens (including phenoxy) is 3. The molecule has 2 aromatic carbocycles. The SMILES string of the molecule is COc1ccc(CCC(=O)OCC(=O)Nc2ccccc2I)cc1OC. The van der Waals surface area contributed by atoms with Crippen molar-refractivity contribution < 1.29 is 23.8 Å². The van der Waals surface area contributed by atoms with Crippen LogP contribution in [0.5, 0.6) is 11.5 Å². The molecule has 0 aliphatic rings. The van der Waals surface area contributed by atoms with Crippen LogP contribution in [0.25, 0.3) is 0 Å². The molecule has 0 aliphatic carbocycles. The van der Waals surface area contributed by atoms with Crippen LogP contribution >= 0.6 is 22.6 Å². The average molecular weight is 469 g/mol. The van der Waals surface area contributed by atoms with Crippen molar-refractivity contribution in [3.63, 3.8) is 0 Å². The summed E-state index contributed by atoms with van der Waals surface area (Å²) in [5.41, 5.74) is 1.61. The van der Waals surface area contributed by atoms with E-state index in [1.54, 1.807) is 26.4 Å². The summed E-state index contributed by atoms with van der Waals surface area (Å²) in [7, 11) is 3.12. The number of hydrogen-bond donors (Lipinski definition) is 1. The van der Waals surface area contributed by atoms with Crippen molar-refractivity contribution in [2.45, 2.75) is 12.8 Å². The number of methoxy groups -OCH3 is 2. The van der Waals surface area contributed by atoms with Gasteiger partial charge in [0.25, 0.3) is 5.91 Å². The minimum absolute atomic E-state index is 0.172. The number of aryl methyl sites for hydroxylation is 1. The highest BCUT2D eigenvalue weighted by Gasteiger charge is 2.11. The van der Waals surface area contributed by atoms with Crippen LogP contribution in [0, 0.1) is 3.57 Å². The molecule has 6 nitrogen and oxygen atoms in total. The first-order valence-corrected chi connectivity index (χ1v) is 9.02. The third-order valence-electron chi connectivity index (χ3n) is 3.58. The van der Waals surface area contributed by atoms with Crippen molar-refractivity contribution in [3.05, 3.63) is 51.6 Å². The molecule has 0 aromatic heterocycles. The Kier molecular flexibility index (Phi) is 7.71. The van der Waals surface area contributed by atoms with Crippen LogP contribution in [0.4, 0.5) is 5.69 Å². The Bertz CT molecular complexity index is 778. The van der Waals surface area contributed by atoms with Crippen LogP contribution in [-0.4, -0.2) is 32.7 Å². The molecule has 138 valence electrons. The van der Waals surface area contributed by atoms with Gasteiger partial charge in [-0.1, -0.05) is 18.2 Å². The van der Waals surface area contributed by atoms with Gasteiger partial charge in [-0.15, -0.1) is 0 Å². The van der Waals surface area contributed by atoms with Gasteiger partial charge in [0.05, 0.1) is 19.9 Å². The highest BCUT2D eigenvalue weighted by molar-refractivity contribution is 14.1. The molecule has 0 heterocycles. The van der Waals surface area contributed by atoms with E-state index >= 15 is 0 Å². The van der Waals surface area contributed by atoms with Gasteiger partial charge in [0, 0.05) is 9.99 Å². The summed E-state index contributed by atoms with van der Waals surface area (Å²) < 4.78 is 16.4. The zero-order valence-corrected chi connectivity index (χ0v) is 16.7. The Morgan fingerprint density at radius 3 is 2.46 bits per heavy atom. The molecule has 0 bridgehead atoms. The van der Waals surface area contributed by atoms with Crippen molar-refractivity contribution in [1.82, 2.24) is 0 Å². The summed E-state index contributed by atoms with van der Waals surface area (Å²) in [6.45, 7) is -0.310. The number of anilines is 1. The highest BCUT2D eigenvalue weighted by Crippen LogP contribution is 2.28. The predicted octanol–water partition coefficient (Wildman–Crippen LogP) is 3.42. The van der Waals surface area contributed by atoms with Crippen LogP contribution in [0.3, 0.4) is 0 Å². The first-order valence-electron chi connectivity index (χ1n) is 7.94. The normalized spacial score (nSPS) is 10.1. The molecule has 0 atom stereocenters. The molecule has 0 fully saturated rings. The fourth-order valence-electron chi connectivity index (χ4n) is 2.25. The first-order chi connectivity index (χ1) is 12.5. The van der Waals surface area contributed by atoms with E-state index in [0.717, 1.165) is 9.13 Å². The Balaban J connectivity index is 1.78. The van der Waals surface area contributed by atoms with E-state index in [4.69, 9.17) is 14.2 Å². The second kappa shape index (κ2) is 10.0. The Labute approximate surface area is 166 Å². The largest absolute Gasteiger partial charge is 0.493 e. The minimum atomic E-state index is -0.433. The molecule has 0 saturated carbocycles. The molecule has 0 radical (unpaired) electrons. The zero-order chi connectivity index (χ0) is 18.9. The van der Waals surface area contributed by atoms with Gasteiger partial charge in [0.15, 0.2) is 18.1 Å². The molecular formula is C19H20INO5. The molecule has 1 amide bonds. The van der Waals surface area contributed by atoms with Crippen LogP contribution in [0.1, 0.15) is 12.0 Å². The summed E-state index contributed by atoms with van der Waals surface area (Å²) >= 11 is 2.12. The standard InChI is InChI=1S/C19H20INO5/c1-24-16-9-7-13(11-17(16)25-2)8-10-19(23)26-12-18(22)21-15-6-4-3-5-14(15)20/h3-7,9,11H,8,10,12H2,1-2H3,(H,21,22). The Morgan fingerprint density at radius 1 is 1.04 bits per heavy atom. The van der Waals surface area contributed by atoms with Gasteiger partial charge >= 0.3 is 5.97 Å². The smallest absolute Gasteiger partial charge is 0.306 e. The molecule has 0 unspecified atom stereocenters. The monoisotopic (exact) mass is 469 g/mol. The lowest BCUT2D eigenvalue weighted by Gasteiger charge is -2.10. The quantitative estimate of drug-likeness (QED) is 0.474. The first kappa shape index (κ1) is 20.0. The summed E-state index contributed by atoms with van der Waals surface area (Å²) in [5, 5.41) is 2.71. The molecule has 0 spiro atoms. The maximum atomic E-state index is 11.9. The van der Waals surface area contributed by atoms with Crippen LogP contribution in [0.15, 0.2) is 42.5 Å². The number of para-hydroxylation sites is 1. The number of halogens is 1. The maximum absolute atomic E-state index is 11.9. The molecule has 2 rings (SSSR count). The Hall–Kier alpha value is -2.29. The second-order valence-electron chi connectivity index (χ2n) is 5.38. The predicted molar refractivity (Wildman–Crippen MR) is 107 cm³/mol. The molecule has 1 N–H and O–H groups in total. The van der Waals surface area contributed by atoms with Crippen molar-refractivity contribution in [2.75, 3.05) is 26.1 Å². The van der Waals surface area contributed by atoms with E-state index in [2.05, 4.69) is 27.9 Å². The number of nitrogens with one attached hydrogen (secondary N) is 1. The molecule has 0 saturated heterocycles. The van der Waals surface area contributed by atoms with E-state index in [1.807, 2.05) is 30.3 Å². The molecule has 0 aliphatic heterocycles. The van der Waals surface area contributed by atoms with Crippen LogP contribution in [0.2, 0.25) is 0 Å².